The van der Waals surface area contributed by atoms with Crippen LogP contribution in [0.25, 0.3) is 0 Å². The molecule has 0 unspecified atom stereocenters. The third-order valence-electron chi connectivity index (χ3n) is 2.48. The van der Waals surface area contributed by atoms with Gasteiger partial charge in [0, 0.05) is 0 Å². The highest BCUT2D eigenvalue weighted by Crippen LogP contribution is 2.43. The van der Waals surface area contributed by atoms with Gasteiger partial charge in [-0.1, -0.05) is 0 Å². The zero-order valence-electron chi connectivity index (χ0n) is 9.14. The minimum atomic E-state index is -0.969. The van der Waals surface area contributed by atoms with Gasteiger partial charge in [0.05, 0.1) is 13.2 Å². The maximum atomic E-state index is 9.75. The van der Waals surface area contributed by atoms with E-state index >= 15 is 0 Å². The van der Waals surface area contributed by atoms with Gasteiger partial charge in [-0.25, -0.2) is 0 Å². The summed E-state index contributed by atoms with van der Waals surface area (Å²) in [6, 6.07) is 3.27. The Hall–Kier alpha value is -1.46. The molecule has 0 spiro atoms. The topological polar surface area (TPSA) is 68.2 Å². The van der Waals surface area contributed by atoms with Gasteiger partial charge in [-0.15, -0.1) is 0 Å². The highest BCUT2D eigenvalue weighted by Gasteiger charge is 2.23. The van der Waals surface area contributed by atoms with Crippen molar-refractivity contribution in [2.24, 2.45) is 0 Å². The van der Waals surface area contributed by atoms with E-state index in [2.05, 4.69) is 0 Å². The molecule has 0 saturated carbocycles. The van der Waals surface area contributed by atoms with Crippen LogP contribution in [0.15, 0.2) is 12.1 Å². The van der Waals surface area contributed by atoms with E-state index in [4.69, 9.17) is 14.2 Å². The van der Waals surface area contributed by atoms with Gasteiger partial charge in [0.25, 0.3) is 0 Å². The fraction of sp³-hybridized carbons (Fsp3) is 0.455. The zero-order chi connectivity index (χ0) is 11.7. The Balaban J connectivity index is 2.41. The second kappa shape index (κ2) is 4.19. The van der Waals surface area contributed by atoms with Crippen molar-refractivity contribution >= 4 is 0 Å². The summed E-state index contributed by atoms with van der Waals surface area (Å²) < 4.78 is 15.6. The van der Waals surface area contributed by atoms with E-state index in [-0.39, 0.29) is 6.79 Å². The molecule has 0 fully saturated rings. The molecular formula is C11H14O5. The van der Waals surface area contributed by atoms with Gasteiger partial charge < -0.3 is 24.4 Å². The predicted octanol–water partition coefficient (Wildman–Crippen LogP) is 0.838. The second-order valence-corrected chi connectivity index (χ2v) is 3.64. The molecule has 5 nitrogen and oxygen atoms in total. The lowest BCUT2D eigenvalue weighted by Gasteiger charge is -2.15. The first kappa shape index (κ1) is 11.0. The molecule has 0 saturated heterocycles. The third-order valence-corrected chi connectivity index (χ3v) is 2.48. The van der Waals surface area contributed by atoms with Crippen molar-refractivity contribution in [1.29, 1.82) is 0 Å². The number of fused-ring (bicyclic) bond motifs is 1. The average molecular weight is 226 g/mol. The number of ether oxygens (including phenoxy) is 3. The van der Waals surface area contributed by atoms with Crippen LogP contribution in [0, 0.1) is 0 Å². The largest absolute Gasteiger partial charge is 0.493 e. The maximum absolute atomic E-state index is 9.75. The quantitative estimate of drug-likeness (QED) is 0.799. The van der Waals surface area contributed by atoms with Crippen LogP contribution >= 0.6 is 0 Å². The Labute approximate surface area is 93.2 Å². The van der Waals surface area contributed by atoms with Gasteiger partial charge in [0.2, 0.25) is 12.5 Å². The molecule has 1 aliphatic heterocycles. The van der Waals surface area contributed by atoms with Crippen molar-refractivity contribution < 1.29 is 24.4 Å². The van der Waals surface area contributed by atoms with Crippen molar-refractivity contribution in [1.82, 2.24) is 0 Å². The van der Waals surface area contributed by atoms with Crippen LogP contribution in [-0.2, 0) is 0 Å². The number of aliphatic hydroxyl groups excluding tert-OH is 2. The summed E-state index contributed by atoms with van der Waals surface area (Å²) in [5, 5.41) is 19.1. The number of hydrogen-bond donors (Lipinski definition) is 2. The van der Waals surface area contributed by atoms with E-state index in [1.165, 1.54) is 14.0 Å². The average Bonchev–Trinajstić information content (AvgIpc) is 2.74. The van der Waals surface area contributed by atoms with Crippen LogP contribution in [0.2, 0.25) is 0 Å². The monoisotopic (exact) mass is 226 g/mol. The first-order valence-electron chi connectivity index (χ1n) is 4.97. The van der Waals surface area contributed by atoms with E-state index in [9.17, 15) is 10.2 Å². The van der Waals surface area contributed by atoms with Crippen LogP contribution in [-0.4, -0.2) is 30.2 Å². The summed E-state index contributed by atoms with van der Waals surface area (Å²) in [7, 11) is 1.51. The van der Waals surface area contributed by atoms with E-state index < -0.39 is 12.2 Å². The highest BCUT2D eigenvalue weighted by molar-refractivity contribution is 5.55. The van der Waals surface area contributed by atoms with E-state index in [0.717, 1.165) is 0 Å². The summed E-state index contributed by atoms with van der Waals surface area (Å²) in [4.78, 5) is 0. The summed E-state index contributed by atoms with van der Waals surface area (Å²) in [5.41, 5.74) is 0.538. The Kier molecular flexibility index (Phi) is 2.89. The number of hydrogen-bond acceptors (Lipinski definition) is 5. The van der Waals surface area contributed by atoms with Crippen LogP contribution in [0.5, 0.6) is 17.2 Å². The minimum Gasteiger partial charge on any atom is -0.493 e. The van der Waals surface area contributed by atoms with Crippen molar-refractivity contribution in [3.63, 3.8) is 0 Å². The molecule has 0 aliphatic carbocycles. The molecule has 1 aromatic carbocycles. The standard InChI is InChI=1S/C11H14O5/c1-6(12)10(13)7-3-8(14-2)11-9(4-7)15-5-16-11/h3-4,6,10,12-13H,5H2,1-2H3/t6-,10+/m1/s1. The van der Waals surface area contributed by atoms with E-state index in [1.54, 1.807) is 12.1 Å². The molecule has 2 atom stereocenters. The Bertz CT molecular complexity index is 388. The smallest absolute Gasteiger partial charge is 0.231 e. The first-order valence-corrected chi connectivity index (χ1v) is 4.97. The van der Waals surface area contributed by atoms with Gasteiger partial charge in [-0.3, -0.25) is 0 Å². The van der Waals surface area contributed by atoms with E-state index in [1.807, 2.05) is 0 Å². The minimum absolute atomic E-state index is 0.139. The molecular weight excluding hydrogens is 212 g/mol. The molecule has 1 aromatic rings. The Morgan fingerprint density at radius 1 is 1.31 bits per heavy atom. The van der Waals surface area contributed by atoms with Crippen molar-refractivity contribution in [3.8, 4) is 17.2 Å². The maximum Gasteiger partial charge on any atom is 0.231 e. The van der Waals surface area contributed by atoms with Crippen LogP contribution in [0.1, 0.15) is 18.6 Å². The Morgan fingerprint density at radius 2 is 2.06 bits per heavy atom. The molecule has 16 heavy (non-hydrogen) atoms. The first-order chi connectivity index (χ1) is 7.63. The molecule has 5 heteroatoms. The molecule has 1 aliphatic rings. The Morgan fingerprint density at radius 3 is 2.69 bits per heavy atom. The predicted molar refractivity (Wildman–Crippen MR) is 55.8 cm³/mol. The molecule has 0 bridgehead atoms. The lowest BCUT2D eigenvalue weighted by atomic mass is 10.0. The fourth-order valence-electron chi connectivity index (χ4n) is 1.60. The molecule has 1 heterocycles. The SMILES string of the molecule is COc1cc([C@@H](O)[C@@H](C)O)cc2c1OCO2. The third kappa shape index (κ3) is 1.79. The molecule has 0 amide bonds. The van der Waals surface area contributed by atoms with Crippen molar-refractivity contribution in [2.75, 3.05) is 13.9 Å². The molecule has 2 N–H and O–H groups in total. The summed E-state index contributed by atoms with van der Waals surface area (Å²) in [6.07, 6.45) is -1.83. The van der Waals surface area contributed by atoms with Crippen LogP contribution in [0.4, 0.5) is 0 Å². The summed E-state index contributed by atoms with van der Waals surface area (Å²) >= 11 is 0. The van der Waals surface area contributed by atoms with Crippen molar-refractivity contribution in [3.05, 3.63) is 17.7 Å². The van der Waals surface area contributed by atoms with Crippen molar-refractivity contribution in [2.45, 2.75) is 19.1 Å². The second-order valence-electron chi connectivity index (χ2n) is 3.64. The van der Waals surface area contributed by atoms with Gasteiger partial charge in [0.1, 0.15) is 6.10 Å². The number of methoxy groups -OCH3 is 1. The van der Waals surface area contributed by atoms with Crippen LogP contribution < -0.4 is 14.2 Å². The van der Waals surface area contributed by atoms with Gasteiger partial charge in [-0.05, 0) is 24.6 Å². The summed E-state index contributed by atoms with van der Waals surface area (Å²) in [5.74, 6) is 1.54. The van der Waals surface area contributed by atoms with Gasteiger partial charge >= 0.3 is 0 Å². The highest BCUT2D eigenvalue weighted by atomic mass is 16.7. The normalized spacial score (nSPS) is 17.0. The van der Waals surface area contributed by atoms with Gasteiger partial charge in [0.15, 0.2) is 11.5 Å². The zero-order valence-corrected chi connectivity index (χ0v) is 9.14. The lowest BCUT2D eigenvalue weighted by molar-refractivity contribution is 0.0303. The van der Waals surface area contributed by atoms with E-state index in [0.29, 0.717) is 22.8 Å². The summed E-state index contributed by atoms with van der Waals surface area (Å²) in [6.45, 7) is 1.65. The number of aliphatic hydroxyl groups is 2. The number of rotatable bonds is 3. The number of benzene rings is 1. The van der Waals surface area contributed by atoms with Crippen LogP contribution in [0.3, 0.4) is 0 Å². The fourth-order valence-corrected chi connectivity index (χ4v) is 1.60. The molecule has 2 rings (SSSR count). The molecule has 0 aromatic heterocycles. The lowest BCUT2D eigenvalue weighted by Crippen LogP contribution is -2.13. The van der Waals surface area contributed by atoms with Gasteiger partial charge in [-0.2, -0.15) is 0 Å². The molecule has 0 radical (unpaired) electrons. The molecule has 88 valence electrons.